The molecule has 0 aliphatic carbocycles. The van der Waals surface area contributed by atoms with E-state index in [1.165, 1.54) is 12.7 Å². The predicted octanol–water partition coefficient (Wildman–Crippen LogP) is 3.65. The van der Waals surface area contributed by atoms with E-state index < -0.39 is 10.0 Å². The maximum absolute atomic E-state index is 11.3. The van der Waals surface area contributed by atoms with Gasteiger partial charge < -0.3 is 15.1 Å². The lowest BCUT2D eigenvalue weighted by atomic mass is 9.80. The molecule has 0 unspecified atom stereocenters. The van der Waals surface area contributed by atoms with Gasteiger partial charge in [-0.2, -0.15) is 0 Å². The molecule has 0 saturated carbocycles. The fourth-order valence-electron chi connectivity index (χ4n) is 4.80. The molecule has 3 heterocycles. The maximum atomic E-state index is 11.3. The van der Waals surface area contributed by atoms with Crippen molar-refractivity contribution >= 4 is 44.9 Å². The summed E-state index contributed by atoms with van der Waals surface area (Å²) in [5, 5.41) is 4.62. The normalized spacial score (nSPS) is 20.7. The lowest BCUT2D eigenvalue weighted by molar-refractivity contribution is 0.121. The molecule has 11 heteroatoms. The summed E-state index contributed by atoms with van der Waals surface area (Å²) < 4.78 is 25.2. The minimum Gasteiger partial charge on any atom is -0.362 e. The Morgan fingerprint density at radius 2 is 1.97 bits per heavy atom. The van der Waals surface area contributed by atoms with Crippen molar-refractivity contribution in [1.82, 2.24) is 19.6 Å². The summed E-state index contributed by atoms with van der Waals surface area (Å²) in [4.78, 5) is 13.8. The molecule has 2 aliphatic heterocycles. The summed E-state index contributed by atoms with van der Waals surface area (Å²) in [6.45, 7) is 7.26. The molecule has 186 valence electrons. The van der Waals surface area contributed by atoms with Crippen LogP contribution in [0.15, 0.2) is 30.6 Å². The number of anilines is 2. The van der Waals surface area contributed by atoms with E-state index in [1.54, 1.807) is 12.3 Å². The number of rotatable bonds is 9. The molecule has 0 radical (unpaired) electrons. The Labute approximate surface area is 212 Å². The molecular formula is C23H32Cl2N6O2S. The molecule has 2 saturated heterocycles. The number of benzene rings is 1. The zero-order valence-corrected chi connectivity index (χ0v) is 21.9. The lowest BCUT2D eigenvalue weighted by Gasteiger charge is -2.47. The van der Waals surface area contributed by atoms with Crippen LogP contribution in [-0.4, -0.2) is 68.8 Å². The largest absolute Gasteiger partial charge is 0.362 e. The molecule has 2 atom stereocenters. The van der Waals surface area contributed by atoms with Crippen LogP contribution in [0.25, 0.3) is 0 Å². The highest BCUT2D eigenvalue weighted by molar-refractivity contribution is 7.88. The summed E-state index contributed by atoms with van der Waals surface area (Å²) in [6, 6.07) is 5.46. The monoisotopic (exact) mass is 526 g/mol. The van der Waals surface area contributed by atoms with Crippen LogP contribution in [0.5, 0.6) is 0 Å². The molecule has 0 amide bonds. The van der Waals surface area contributed by atoms with Crippen molar-refractivity contribution in [3.63, 3.8) is 0 Å². The van der Waals surface area contributed by atoms with Crippen LogP contribution >= 0.6 is 23.2 Å². The number of sulfonamides is 1. The first-order chi connectivity index (χ1) is 16.2. The van der Waals surface area contributed by atoms with Crippen LogP contribution in [-0.2, 0) is 10.0 Å². The summed E-state index contributed by atoms with van der Waals surface area (Å²) in [7, 11) is -3.13. The average Bonchev–Trinajstić information content (AvgIpc) is 2.72. The second-order valence-electron chi connectivity index (χ2n) is 9.33. The Morgan fingerprint density at radius 3 is 2.71 bits per heavy atom. The molecular weight excluding hydrogens is 495 g/mol. The van der Waals surface area contributed by atoms with Crippen molar-refractivity contribution in [3.8, 4) is 0 Å². The smallest absolute Gasteiger partial charge is 0.208 e. The van der Waals surface area contributed by atoms with E-state index in [-0.39, 0.29) is 6.04 Å². The maximum Gasteiger partial charge on any atom is 0.208 e. The molecule has 0 bridgehead atoms. The van der Waals surface area contributed by atoms with Gasteiger partial charge in [-0.25, -0.2) is 18.1 Å². The zero-order chi connectivity index (χ0) is 24.3. The van der Waals surface area contributed by atoms with Crippen LogP contribution in [0.3, 0.4) is 0 Å². The first-order valence-corrected chi connectivity index (χ1v) is 14.3. The molecule has 2 fully saturated rings. The van der Waals surface area contributed by atoms with E-state index in [4.69, 9.17) is 28.2 Å². The van der Waals surface area contributed by atoms with E-state index in [0.717, 1.165) is 50.5 Å². The van der Waals surface area contributed by atoms with Crippen LogP contribution in [0.2, 0.25) is 10.0 Å². The molecule has 1 aromatic heterocycles. The highest BCUT2D eigenvalue weighted by Gasteiger charge is 2.36. The van der Waals surface area contributed by atoms with Crippen LogP contribution < -0.4 is 14.9 Å². The molecule has 0 spiro atoms. The van der Waals surface area contributed by atoms with Gasteiger partial charge in [0.2, 0.25) is 10.0 Å². The topological polar surface area (TPSA) is 90.5 Å². The predicted molar refractivity (Wildman–Crippen MR) is 138 cm³/mol. The SMILES string of the molecule is C[C@@H](Nc1cncc(N2CC([C@@H]3CCCN(CCNS(C)(=O)=O)C3)C2)n1)c1ccc(Cl)cc1Cl. The Hall–Kier alpha value is -1.65. The quantitative estimate of drug-likeness (QED) is 0.515. The van der Waals surface area contributed by atoms with E-state index in [0.29, 0.717) is 34.2 Å². The Balaban J connectivity index is 1.28. The second kappa shape index (κ2) is 11.0. The summed E-state index contributed by atoms with van der Waals surface area (Å²) in [5.41, 5.74) is 0.955. The van der Waals surface area contributed by atoms with E-state index in [9.17, 15) is 8.42 Å². The lowest BCUT2D eigenvalue weighted by Crippen LogP contribution is -2.54. The number of nitrogens with zero attached hydrogens (tertiary/aromatic N) is 4. The molecule has 2 N–H and O–H groups in total. The van der Waals surface area contributed by atoms with Gasteiger partial charge in [0.15, 0.2) is 0 Å². The van der Waals surface area contributed by atoms with Crippen molar-refractivity contribution in [2.75, 3.05) is 55.7 Å². The zero-order valence-electron chi connectivity index (χ0n) is 19.5. The van der Waals surface area contributed by atoms with Gasteiger partial charge >= 0.3 is 0 Å². The number of likely N-dealkylation sites (tertiary alicyclic amines) is 1. The Bertz CT molecular complexity index is 1100. The Kier molecular flexibility index (Phi) is 8.20. The summed E-state index contributed by atoms with van der Waals surface area (Å²) >= 11 is 12.4. The van der Waals surface area contributed by atoms with E-state index in [1.807, 2.05) is 25.3 Å². The molecule has 34 heavy (non-hydrogen) atoms. The number of hydrogen-bond donors (Lipinski definition) is 2. The highest BCUT2D eigenvalue weighted by Crippen LogP contribution is 2.34. The van der Waals surface area contributed by atoms with Crippen LogP contribution in [0, 0.1) is 11.8 Å². The van der Waals surface area contributed by atoms with Crippen LogP contribution in [0.1, 0.15) is 31.4 Å². The van der Waals surface area contributed by atoms with Gasteiger partial charge in [-0.05, 0) is 55.8 Å². The van der Waals surface area contributed by atoms with Crippen molar-refractivity contribution in [3.05, 3.63) is 46.2 Å². The van der Waals surface area contributed by atoms with Crippen molar-refractivity contribution in [2.45, 2.75) is 25.8 Å². The van der Waals surface area contributed by atoms with E-state index in [2.05, 4.69) is 24.8 Å². The number of piperidine rings is 1. The third kappa shape index (κ3) is 6.73. The van der Waals surface area contributed by atoms with Gasteiger partial charge in [-0.1, -0.05) is 29.3 Å². The number of aromatic nitrogens is 2. The summed E-state index contributed by atoms with van der Waals surface area (Å²) in [6.07, 6.45) is 7.12. The van der Waals surface area contributed by atoms with Gasteiger partial charge in [-0.15, -0.1) is 0 Å². The fourth-order valence-corrected chi connectivity index (χ4v) is 5.83. The first kappa shape index (κ1) is 25.4. The first-order valence-electron chi connectivity index (χ1n) is 11.6. The minimum atomic E-state index is -3.13. The molecule has 4 rings (SSSR count). The number of hydrogen-bond acceptors (Lipinski definition) is 7. The Morgan fingerprint density at radius 1 is 1.18 bits per heavy atom. The van der Waals surface area contributed by atoms with Crippen LogP contribution in [0.4, 0.5) is 11.6 Å². The highest BCUT2D eigenvalue weighted by atomic mass is 35.5. The third-order valence-corrected chi connectivity index (χ3v) is 7.94. The van der Waals surface area contributed by atoms with Crippen molar-refractivity contribution < 1.29 is 8.42 Å². The molecule has 8 nitrogen and oxygen atoms in total. The van der Waals surface area contributed by atoms with E-state index >= 15 is 0 Å². The van der Waals surface area contributed by atoms with Crippen molar-refractivity contribution in [2.24, 2.45) is 11.8 Å². The van der Waals surface area contributed by atoms with Gasteiger partial charge in [0.1, 0.15) is 11.6 Å². The average molecular weight is 528 g/mol. The number of halogens is 2. The fraction of sp³-hybridized carbons (Fsp3) is 0.565. The molecule has 1 aromatic carbocycles. The van der Waals surface area contributed by atoms with Crippen molar-refractivity contribution in [1.29, 1.82) is 0 Å². The standard InChI is InChI=1S/C23H32Cl2N6O2S/c1-16(20-6-5-19(24)10-21(20)25)28-22-11-26-12-23(29-22)31-14-18(15-31)17-4-3-8-30(13-17)9-7-27-34(2,32)33/h5-6,10-12,16-18,27H,3-4,7-9,13-15H2,1-2H3,(H,28,29)/t16-,17-/m1/s1. The van der Waals surface area contributed by atoms with Gasteiger partial charge in [-0.3, -0.25) is 4.98 Å². The summed E-state index contributed by atoms with van der Waals surface area (Å²) in [5.74, 6) is 2.84. The number of nitrogens with one attached hydrogen (secondary N) is 2. The van der Waals surface area contributed by atoms with Gasteiger partial charge in [0.25, 0.3) is 0 Å². The van der Waals surface area contributed by atoms with Gasteiger partial charge in [0, 0.05) is 42.8 Å². The van der Waals surface area contributed by atoms with Gasteiger partial charge in [0.05, 0.1) is 24.7 Å². The molecule has 2 aromatic rings. The second-order valence-corrected chi connectivity index (χ2v) is 12.0. The minimum absolute atomic E-state index is 0.0381. The molecule has 2 aliphatic rings. The third-order valence-electron chi connectivity index (χ3n) is 6.65.